The van der Waals surface area contributed by atoms with Crippen LogP contribution in [0.3, 0.4) is 0 Å². The molecule has 0 aliphatic rings. The lowest BCUT2D eigenvalue weighted by atomic mass is 10.0. The Balaban J connectivity index is 1.93. The molecule has 0 amide bonds. The number of methoxy groups -OCH3 is 1. The zero-order chi connectivity index (χ0) is 14.7. The van der Waals surface area contributed by atoms with Crippen molar-refractivity contribution < 1.29 is 9.53 Å². The molecule has 2 aromatic carbocycles. The average Bonchev–Trinajstić information content (AvgIpc) is 2.92. The highest BCUT2D eigenvalue weighted by Crippen LogP contribution is 2.17. The van der Waals surface area contributed by atoms with Crippen molar-refractivity contribution in [1.29, 1.82) is 0 Å². The monoisotopic (exact) mass is 280 g/mol. The summed E-state index contributed by atoms with van der Waals surface area (Å²) in [5, 5.41) is 0. The SMILES string of the molecule is COC(=O)Cc1ccccc1Cn1cnc2ccccc21. The second kappa shape index (κ2) is 5.79. The van der Waals surface area contributed by atoms with E-state index in [1.54, 1.807) is 0 Å². The summed E-state index contributed by atoms with van der Waals surface area (Å²) in [6, 6.07) is 15.9. The van der Waals surface area contributed by atoms with Crippen LogP contribution in [0.5, 0.6) is 0 Å². The molecule has 0 N–H and O–H groups in total. The van der Waals surface area contributed by atoms with Crippen LogP contribution in [-0.2, 0) is 22.5 Å². The molecule has 0 unspecified atom stereocenters. The van der Waals surface area contributed by atoms with E-state index in [0.29, 0.717) is 13.0 Å². The summed E-state index contributed by atoms with van der Waals surface area (Å²) in [6.07, 6.45) is 2.12. The number of hydrogen-bond acceptors (Lipinski definition) is 3. The number of carbonyl (C=O) groups is 1. The number of ether oxygens (including phenoxy) is 1. The number of rotatable bonds is 4. The Labute approximate surface area is 123 Å². The van der Waals surface area contributed by atoms with E-state index in [2.05, 4.69) is 9.55 Å². The first kappa shape index (κ1) is 13.4. The first-order valence-corrected chi connectivity index (χ1v) is 6.81. The van der Waals surface area contributed by atoms with Gasteiger partial charge < -0.3 is 9.30 Å². The van der Waals surface area contributed by atoms with Crippen molar-refractivity contribution in [2.75, 3.05) is 7.11 Å². The molecule has 0 saturated heterocycles. The summed E-state index contributed by atoms with van der Waals surface area (Å²) in [6.45, 7) is 0.688. The molecule has 106 valence electrons. The van der Waals surface area contributed by atoms with Crippen LogP contribution in [0.1, 0.15) is 11.1 Å². The molecule has 0 aliphatic heterocycles. The van der Waals surface area contributed by atoms with E-state index in [4.69, 9.17) is 4.74 Å². The van der Waals surface area contributed by atoms with Gasteiger partial charge in [-0.05, 0) is 23.3 Å². The van der Waals surface area contributed by atoms with Crippen LogP contribution < -0.4 is 0 Å². The van der Waals surface area contributed by atoms with Crippen molar-refractivity contribution >= 4 is 17.0 Å². The Bertz CT molecular complexity index is 777. The fourth-order valence-corrected chi connectivity index (χ4v) is 2.43. The fraction of sp³-hybridized carbons (Fsp3) is 0.176. The maximum Gasteiger partial charge on any atom is 0.309 e. The molecule has 4 nitrogen and oxygen atoms in total. The van der Waals surface area contributed by atoms with Crippen LogP contribution in [0.15, 0.2) is 54.9 Å². The Morgan fingerprint density at radius 1 is 1.10 bits per heavy atom. The Morgan fingerprint density at radius 2 is 1.81 bits per heavy atom. The number of esters is 1. The largest absolute Gasteiger partial charge is 0.469 e. The molecule has 0 atom stereocenters. The molecule has 1 heterocycles. The normalized spacial score (nSPS) is 10.7. The van der Waals surface area contributed by atoms with Crippen LogP contribution in [-0.4, -0.2) is 22.6 Å². The molecule has 1 aromatic heterocycles. The smallest absolute Gasteiger partial charge is 0.309 e. The van der Waals surface area contributed by atoms with Crippen LogP contribution >= 0.6 is 0 Å². The minimum Gasteiger partial charge on any atom is -0.469 e. The van der Waals surface area contributed by atoms with E-state index in [1.165, 1.54) is 7.11 Å². The molecule has 3 aromatic rings. The van der Waals surface area contributed by atoms with E-state index in [1.807, 2.05) is 54.9 Å². The van der Waals surface area contributed by atoms with Crippen molar-refractivity contribution in [3.8, 4) is 0 Å². The van der Waals surface area contributed by atoms with Crippen LogP contribution in [0.2, 0.25) is 0 Å². The third-order valence-electron chi connectivity index (χ3n) is 3.55. The highest BCUT2D eigenvalue weighted by atomic mass is 16.5. The van der Waals surface area contributed by atoms with Gasteiger partial charge in [-0.2, -0.15) is 0 Å². The molecule has 4 heteroatoms. The Morgan fingerprint density at radius 3 is 2.62 bits per heavy atom. The summed E-state index contributed by atoms with van der Waals surface area (Å²) in [4.78, 5) is 15.9. The molecular formula is C17H16N2O2. The average molecular weight is 280 g/mol. The molecule has 0 radical (unpaired) electrons. The summed E-state index contributed by atoms with van der Waals surface area (Å²) >= 11 is 0. The highest BCUT2D eigenvalue weighted by molar-refractivity contribution is 5.75. The zero-order valence-corrected chi connectivity index (χ0v) is 11.8. The highest BCUT2D eigenvalue weighted by Gasteiger charge is 2.09. The van der Waals surface area contributed by atoms with Gasteiger partial charge in [0.05, 0.1) is 30.9 Å². The topological polar surface area (TPSA) is 44.1 Å². The van der Waals surface area contributed by atoms with Gasteiger partial charge in [0.15, 0.2) is 0 Å². The number of nitrogens with zero attached hydrogens (tertiary/aromatic N) is 2. The number of para-hydroxylation sites is 2. The number of carbonyl (C=O) groups excluding carboxylic acids is 1. The van der Waals surface area contributed by atoms with E-state index in [0.717, 1.165) is 22.2 Å². The molecule has 0 aliphatic carbocycles. The second-order valence-electron chi connectivity index (χ2n) is 4.88. The van der Waals surface area contributed by atoms with Gasteiger partial charge in [-0.3, -0.25) is 4.79 Å². The minimum atomic E-state index is -0.224. The lowest BCUT2D eigenvalue weighted by Gasteiger charge is -2.10. The third kappa shape index (κ3) is 2.79. The fourth-order valence-electron chi connectivity index (χ4n) is 2.43. The third-order valence-corrected chi connectivity index (χ3v) is 3.55. The zero-order valence-electron chi connectivity index (χ0n) is 11.8. The van der Waals surface area contributed by atoms with Crippen molar-refractivity contribution in [3.05, 3.63) is 66.0 Å². The van der Waals surface area contributed by atoms with Gasteiger partial charge >= 0.3 is 5.97 Å². The molecule has 0 spiro atoms. The molecule has 3 rings (SSSR count). The summed E-state index contributed by atoms with van der Waals surface area (Å²) in [5.41, 5.74) is 4.15. The number of benzene rings is 2. The predicted molar refractivity (Wildman–Crippen MR) is 81.0 cm³/mol. The van der Waals surface area contributed by atoms with Crippen LogP contribution in [0, 0.1) is 0 Å². The summed E-state index contributed by atoms with van der Waals surface area (Å²) in [7, 11) is 1.41. The maximum absolute atomic E-state index is 11.5. The van der Waals surface area contributed by atoms with E-state index < -0.39 is 0 Å². The molecular weight excluding hydrogens is 264 g/mol. The van der Waals surface area contributed by atoms with Crippen molar-refractivity contribution in [2.45, 2.75) is 13.0 Å². The molecule has 21 heavy (non-hydrogen) atoms. The maximum atomic E-state index is 11.5. The van der Waals surface area contributed by atoms with Crippen LogP contribution in [0.25, 0.3) is 11.0 Å². The standard InChI is InChI=1S/C17H16N2O2/c1-21-17(20)10-13-6-2-3-7-14(13)11-19-12-18-15-8-4-5-9-16(15)19/h2-9,12H,10-11H2,1H3. The van der Waals surface area contributed by atoms with Gasteiger partial charge in [0, 0.05) is 6.54 Å². The van der Waals surface area contributed by atoms with Gasteiger partial charge in [-0.15, -0.1) is 0 Å². The second-order valence-corrected chi connectivity index (χ2v) is 4.88. The van der Waals surface area contributed by atoms with Gasteiger partial charge in [0.1, 0.15) is 0 Å². The molecule has 0 fully saturated rings. The first-order chi connectivity index (χ1) is 10.3. The lowest BCUT2D eigenvalue weighted by molar-refractivity contribution is -0.139. The Hall–Kier alpha value is -2.62. The van der Waals surface area contributed by atoms with Crippen LogP contribution in [0.4, 0.5) is 0 Å². The number of imidazole rings is 1. The Kier molecular flexibility index (Phi) is 3.69. The van der Waals surface area contributed by atoms with Crippen molar-refractivity contribution in [1.82, 2.24) is 9.55 Å². The first-order valence-electron chi connectivity index (χ1n) is 6.81. The predicted octanol–water partition coefficient (Wildman–Crippen LogP) is 2.80. The molecule has 0 saturated carbocycles. The molecule has 0 bridgehead atoms. The van der Waals surface area contributed by atoms with Crippen molar-refractivity contribution in [2.24, 2.45) is 0 Å². The van der Waals surface area contributed by atoms with Gasteiger partial charge in [0.2, 0.25) is 0 Å². The van der Waals surface area contributed by atoms with Crippen molar-refractivity contribution in [3.63, 3.8) is 0 Å². The van der Waals surface area contributed by atoms with E-state index in [9.17, 15) is 4.79 Å². The summed E-state index contributed by atoms with van der Waals surface area (Å²) in [5.74, 6) is -0.224. The quantitative estimate of drug-likeness (QED) is 0.690. The summed E-state index contributed by atoms with van der Waals surface area (Å²) < 4.78 is 6.85. The minimum absolute atomic E-state index is 0.224. The van der Waals surface area contributed by atoms with Gasteiger partial charge in [-0.1, -0.05) is 36.4 Å². The number of fused-ring (bicyclic) bond motifs is 1. The number of aromatic nitrogens is 2. The van der Waals surface area contributed by atoms with E-state index >= 15 is 0 Å². The van der Waals surface area contributed by atoms with Gasteiger partial charge in [-0.25, -0.2) is 4.98 Å². The van der Waals surface area contributed by atoms with Gasteiger partial charge in [0.25, 0.3) is 0 Å². The van der Waals surface area contributed by atoms with E-state index in [-0.39, 0.29) is 5.97 Å². The number of hydrogen-bond donors (Lipinski definition) is 0. The lowest BCUT2D eigenvalue weighted by Crippen LogP contribution is -2.08.